The van der Waals surface area contributed by atoms with Crippen molar-refractivity contribution in [2.45, 2.75) is 27.7 Å². The van der Waals surface area contributed by atoms with Gasteiger partial charge >= 0.3 is 0 Å². The van der Waals surface area contributed by atoms with Crippen molar-refractivity contribution in [1.82, 2.24) is 10.3 Å². The quantitative estimate of drug-likeness (QED) is 0.790. The van der Waals surface area contributed by atoms with Crippen molar-refractivity contribution in [1.29, 1.82) is 0 Å². The molecule has 0 radical (unpaired) electrons. The van der Waals surface area contributed by atoms with Gasteiger partial charge in [-0.1, -0.05) is 20.8 Å². The van der Waals surface area contributed by atoms with Gasteiger partial charge in [-0.15, -0.1) is 0 Å². The first-order valence-electron chi connectivity index (χ1n) is 6.34. The number of aryl methyl sites for hydroxylation is 1. The predicted molar refractivity (Wildman–Crippen MR) is 71.3 cm³/mol. The van der Waals surface area contributed by atoms with Crippen LogP contribution in [-0.2, 0) is 0 Å². The number of pyridine rings is 1. The lowest BCUT2D eigenvalue weighted by Gasteiger charge is -2.14. The fraction of sp³-hybridized carbons (Fsp3) is 0.643. The minimum atomic E-state index is 0.509. The molecule has 1 rings (SSSR count). The maximum Gasteiger partial charge on any atom is 0.137 e. The standard InChI is InChI=1S/C14H24N2O/c1-11(2)7-15-8-12(3)10-17-14-6-5-13(4)16-9-14/h5-6,9,11-12,15H,7-8,10H2,1-4H3. The van der Waals surface area contributed by atoms with E-state index in [0.717, 1.165) is 31.1 Å². The summed E-state index contributed by atoms with van der Waals surface area (Å²) in [6.07, 6.45) is 1.78. The fourth-order valence-electron chi connectivity index (χ4n) is 1.46. The molecule has 1 unspecified atom stereocenters. The van der Waals surface area contributed by atoms with Gasteiger partial charge in [0, 0.05) is 18.2 Å². The second-order valence-corrected chi connectivity index (χ2v) is 5.10. The van der Waals surface area contributed by atoms with E-state index in [1.54, 1.807) is 6.20 Å². The molecular weight excluding hydrogens is 212 g/mol. The molecule has 1 aromatic heterocycles. The van der Waals surface area contributed by atoms with Crippen molar-refractivity contribution in [2.24, 2.45) is 11.8 Å². The van der Waals surface area contributed by atoms with E-state index < -0.39 is 0 Å². The van der Waals surface area contributed by atoms with Crippen molar-refractivity contribution >= 4 is 0 Å². The molecule has 96 valence electrons. The summed E-state index contributed by atoms with van der Waals surface area (Å²) in [7, 11) is 0. The molecule has 1 atom stereocenters. The highest BCUT2D eigenvalue weighted by atomic mass is 16.5. The van der Waals surface area contributed by atoms with Crippen LogP contribution in [0.3, 0.4) is 0 Å². The maximum absolute atomic E-state index is 5.68. The van der Waals surface area contributed by atoms with Gasteiger partial charge in [0.25, 0.3) is 0 Å². The molecule has 0 aliphatic rings. The average molecular weight is 236 g/mol. The van der Waals surface area contributed by atoms with Gasteiger partial charge in [0.05, 0.1) is 12.8 Å². The monoisotopic (exact) mass is 236 g/mol. The Morgan fingerprint density at radius 2 is 2.00 bits per heavy atom. The zero-order chi connectivity index (χ0) is 12.7. The zero-order valence-corrected chi connectivity index (χ0v) is 11.4. The molecule has 0 saturated heterocycles. The van der Waals surface area contributed by atoms with E-state index in [-0.39, 0.29) is 0 Å². The molecule has 3 nitrogen and oxygen atoms in total. The van der Waals surface area contributed by atoms with Crippen LogP contribution < -0.4 is 10.1 Å². The normalized spacial score (nSPS) is 12.8. The Morgan fingerprint density at radius 3 is 2.59 bits per heavy atom. The van der Waals surface area contributed by atoms with E-state index in [4.69, 9.17) is 4.74 Å². The smallest absolute Gasteiger partial charge is 0.137 e. The van der Waals surface area contributed by atoms with Crippen LogP contribution in [-0.4, -0.2) is 24.7 Å². The van der Waals surface area contributed by atoms with Crippen LogP contribution in [0.1, 0.15) is 26.5 Å². The first kappa shape index (κ1) is 14.0. The molecule has 17 heavy (non-hydrogen) atoms. The first-order chi connectivity index (χ1) is 8.08. The van der Waals surface area contributed by atoms with Crippen molar-refractivity contribution in [3.63, 3.8) is 0 Å². The predicted octanol–water partition coefficient (Wildman–Crippen LogP) is 2.65. The van der Waals surface area contributed by atoms with Gasteiger partial charge in [0.2, 0.25) is 0 Å². The molecule has 3 heteroatoms. The molecule has 0 saturated carbocycles. The lowest BCUT2D eigenvalue weighted by atomic mass is 10.2. The van der Waals surface area contributed by atoms with Crippen LogP contribution >= 0.6 is 0 Å². The topological polar surface area (TPSA) is 34.1 Å². The van der Waals surface area contributed by atoms with Gasteiger partial charge in [-0.3, -0.25) is 4.98 Å². The molecule has 0 aliphatic heterocycles. The number of nitrogens with zero attached hydrogens (tertiary/aromatic N) is 1. The van der Waals surface area contributed by atoms with Crippen molar-refractivity contribution in [3.05, 3.63) is 24.0 Å². The maximum atomic E-state index is 5.68. The molecule has 0 bridgehead atoms. The molecule has 0 aromatic carbocycles. The summed E-state index contributed by atoms with van der Waals surface area (Å²) in [5, 5.41) is 3.43. The van der Waals surface area contributed by atoms with Crippen LogP contribution in [0.5, 0.6) is 5.75 Å². The molecule has 0 fully saturated rings. The van der Waals surface area contributed by atoms with Crippen LogP contribution in [0.2, 0.25) is 0 Å². The Balaban J connectivity index is 2.19. The van der Waals surface area contributed by atoms with Crippen LogP contribution in [0.4, 0.5) is 0 Å². The summed E-state index contributed by atoms with van der Waals surface area (Å²) in [5.41, 5.74) is 1.02. The minimum Gasteiger partial charge on any atom is -0.492 e. The van der Waals surface area contributed by atoms with Crippen molar-refractivity contribution in [3.8, 4) is 5.75 Å². The molecule has 1 N–H and O–H groups in total. The summed E-state index contributed by atoms with van der Waals surface area (Å²) in [4.78, 5) is 4.20. The van der Waals surface area contributed by atoms with Gasteiger partial charge in [-0.2, -0.15) is 0 Å². The molecule has 0 spiro atoms. The molecular formula is C14H24N2O. The third-order valence-corrected chi connectivity index (χ3v) is 2.46. The summed E-state index contributed by atoms with van der Waals surface area (Å²) in [6, 6.07) is 3.94. The molecule has 1 heterocycles. The van der Waals surface area contributed by atoms with E-state index in [1.807, 2.05) is 19.1 Å². The van der Waals surface area contributed by atoms with Crippen LogP contribution in [0.15, 0.2) is 18.3 Å². The Hall–Kier alpha value is -1.09. The van der Waals surface area contributed by atoms with Gasteiger partial charge in [-0.05, 0) is 31.5 Å². The van der Waals surface area contributed by atoms with Gasteiger partial charge in [0.1, 0.15) is 5.75 Å². The summed E-state index contributed by atoms with van der Waals surface area (Å²) < 4.78 is 5.68. The number of hydrogen-bond acceptors (Lipinski definition) is 3. The Kier molecular flexibility index (Phi) is 5.98. The second-order valence-electron chi connectivity index (χ2n) is 5.10. The highest BCUT2D eigenvalue weighted by molar-refractivity contribution is 5.18. The van der Waals surface area contributed by atoms with Crippen LogP contribution in [0.25, 0.3) is 0 Å². The highest BCUT2D eigenvalue weighted by Crippen LogP contribution is 2.09. The Morgan fingerprint density at radius 1 is 1.24 bits per heavy atom. The van der Waals surface area contributed by atoms with E-state index in [9.17, 15) is 0 Å². The van der Waals surface area contributed by atoms with Crippen molar-refractivity contribution in [2.75, 3.05) is 19.7 Å². The Bertz CT molecular complexity index is 309. The third kappa shape index (κ3) is 6.27. The summed E-state index contributed by atoms with van der Waals surface area (Å²) in [6.45, 7) is 11.4. The summed E-state index contributed by atoms with van der Waals surface area (Å²) in [5.74, 6) is 2.06. The van der Waals surface area contributed by atoms with Gasteiger partial charge in [0.15, 0.2) is 0 Å². The number of aromatic nitrogens is 1. The molecule has 1 aromatic rings. The molecule has 0 amide bonds. The highest BCUT2D eigenvalue weighted by Gasteiger charge is 2.03. The summed E-state index contributed by atoms with van der Waals surface area (Å²) >= 11 is 0. The van der Waals surface area contributed by atoms with Crippen molar-refractivity contribution < 1.29 is 4.74 Å². The van der Waals surface area contributed by atoms with E-state index >= 15 is 0 Å². The largest absolute Gasteiger partial charge is 0.492 e. The number of rotatable bonds is 7. The first-order valence-corrected chi connectivity index (χ1v) is 6.34. The Labute approximate surface area is 105 Å². The minimum absolute atomic E-state index is 0.509. The SMILES string of the molecule is Cc1ccc(OCC(C)CNCC(C)C)cn1. The second kappa shape index (κ2) is 7.28. The van der Waals surface area contributed by atoms with Crippen LogP contribution in [0, 0.1) is 18.8 Å². The van der Waals surface area contributed by atoms with Gasteiger partial charge in [-0.25, -0.2) is 0 Å². The lowest BCUT2D eigenvalue weighted by Crippen LogP contribution is -2.28. The zero-order valence-electron chi connectivity index (χ0n) is 11.4. The molecule has 0 aliphatic carbocycles. The third-order valence-electron chi connectivity index (χ3n) is 2.46. The number of nitrogens with one attached hydrogen (secondary N) is 1. The fourth-order valence-corrected chi connectivity index (χ4v) is 1.46. The van der Waals surface area contributed by atoms with E-state index in [2.05, 4.69) is 31.1 Å². The van der Waals surface area contributed by atoms with Gasteiger partial charge < -0.3 is 10.1 Å². The van der Waals surface area contributed by atoms with E-state index in [0.29, 0.717) is 11.8 Å². The van der Waals surface area contributed by atoms with E-state index in [1.165, 1.54) is 0 Å². The number of ether oxygens (including phenoxy) is 1. The average Bonchev–Trinajstić information content (AvgIpc) is 2.28. The lowest BCUT2D eigenvalue weighted by molar-refractivity contribution is 0.253. The number of hydrogen-bond donors (Lipinski definition) is 1.